The molecule has 0 aliphatic rings. The van der Waals surface area contributed by atoms with Crippen molar-refractivity contribution in [3.8, 4) is 0 Å². The Morgan fingerprint density at radius 3 is 2.70 bits per heavy atom. The van der Waals surface area contributed by atoms with E-state index in [0.717, 1.165) is 5.82 Å². The van der Waals surface area contributed by atoms with Gasteiger partial charge < -0.3 is 19.9 Å². The Morgan fingerprint density at radius 2 is 2.20 bits per heavy atom. The zero-order valence-electron chi connectivity index (χ0n) is 12.2. The quantitative estimate of drug-likeness (QED) is 0.771. The molecule has 0 saturated heterocycles. The van der Waals surface area contributed by atoms with Gasteiger partial charge in [0.25, 0.3) is 0 Å². The largest absolute Gasteiger partial charge is 0.480 e. The van der Waals surface area contributed by atoms with Crippen LogP contribution >= 0.6 is 0 Å². The van der Waals surface area contributed by atoms with Crippen LogP contribution in [0.2, 0.25) is 0 Å². The molecule has 0 aromatic carbocycles. The highest BCUT2D eigenvalue weighted by molar-refractivity contribution is 5.80. The Morgan fingerprint density at radius 1 is 1.50 bits per heavy atom. The van der Waals surface area contributed by atoms with Crippen LogP contribution in [0.25, 0.3) is 0 Å². The lowest BCUT2D eigenvalue weighted by atomic mass is 10.2. The Balaban J connectivity index is 2.45. The van der Waals surface area contributed by atoms with E-state index in [2.05, 4.69) is 10.3 Å². The molecule has 0 spiro atoms. The smallest absolute Gasteiger partial charge is 0.323 e. The number of amides is 2. The number of rotatable bonds is 7. The van der Waals surface area contributed by atoms with Gasteiger partial charge in [-0.2, -0.15) is 0 Å². The maximum Gasteiger partial charge on any atom is 0.323 e. The lowest BCUT2D eigenvalue weighted by Crippen LogP contribution is -2.45. The van der Waals surface area contributed by atoms with Gasteiger partial charge in [-0.15, -0.1) is 0 Å². The molecular formula is C13H22N4O3. The number of carboxylic acids is 1. The number of nitrogens with one attached hydrogen (secondary N) is 1. The van der Waals surface area contributed by atoms with Crippen molar-refractivity contribution in [1.82, 2.24) is 19.8 Å². The van der Waals surface area contributed by atoms with E-state index in [1.54, 1.807) is 6.20 Å². The van der Waals surface area contributed by atoms with E-state index in [-0.39, 0.29) is 18.5 Å². The molecule has 0 bridgehead atoms. The van der Waals surface area contributed by atoms with Gasteiger partial charge in [0, 0.05) is 39.0 Å². The van der Waals surface area contributed by atoms with Crippen LogP contribution in [0, 0.1) is 5.92 Å². The number of carboxylic acid groups (broad SMARTS) is 1. The van der Waals surface area contributed by atoms with Gasteiger partial charge >= 0.3 is 12.0 Å². The van der Waals surface area contributed by atoms with E-state index in [9.17, 15) is 9.59 Å². The maximum absolute atomic E-state index is 12.0. The van der Waals surface area contributed by atoms with Gasteiger partial charge in [0.05, 0.1) is 0 Å². The minimum absolute atomic E-state index is 0.217. The molecule has 0 aliphatic heterocycles. The number of carbonyl (C=O) groups excluding carboxylic acids is 1. The fraction of sp³-hybridized carbons (Fsp3) is 0.615. The number of hydrogen-bond donors (Lipinski definition) is 2. The molecule has 2 N–H and O–H groups in total. The number of nitrogens with zero attached hydrogens (tertiary/aromatic N) is 3. The number of carbonyl (C=O) groups is 2. The van der Waals surface area contributed by atoms with E-state index in [4.69, 9.17) is 5.11 Å². The molecule has 0 aliphatic carbocycles. The van der Waals surface area contributed by atoms with Crippen molar-refractivity contribution in [1.29, 1.82) is 0 Å². The molecule has 1 rings (SSSR count). The SMILES string of the molecule is CC(C)CN(CC(=O)O)C(=O)NCCc1nccn1C. The zero-order valence-corrected chi connectivity index (χ0v) is 12.2. The molecule has 20 heavy (non-hydrogen) atoms. The molecule has 2 amide bonds. The molecule has 1 heterocycles. The van der Waals surface area contributed by atoms with Crippen molar-refractivity contribution >= 4 is 12.0 Å². The molecular weight excluding hydrogens is 260 g/mol. The molecule has 1 aromatic rings. The van der Waals surface area contributed by atoms with Crippen LogP contribution in [0.5, 0.6) is 0 Å². The Hall–Kier alpha value is -2.05. The minimum Gasteiger partial charge on any atom is -0.480 e. The van der Waals surface area contributed by atoms with Crippen LogP contribution in [-0.2, 0) is 18.3 Å². The molecule has 7 heteroatoms. The summed E-state index contributed by atoms with van der Waals surface area (Å²) in [5, 5.41) is 11.6. The average Bonchev–Trinajstić information content (AvgIpc) is 2.73. The lowest BCUT2D eigenvalue weighted by molar-refractivity contribution is -0.137. The number of imidazole rings is 1. The third-order valence-corrected chi connectivity index (χ3v) is 2.74. The van der Waals surface area contributed by atoms with E-state index in [1.165, 1.54) is 4.90 Å². The molecule has 0 atom stereocenters. The third kappa shape index (κ3) is 5.29. The van der Waals surface area contributed by atoms with Crippen LogP contribution in [0.3, 0.4) is 0 Å². The van der Waals surface area contributed by atoms with E-state index >= 15 is 0 Å². The van der Waals surface area contributed by atoms with E-state index in [1.807, 2.05) is 31.7 Å². The fourth-order valence-electron chi connectivity index (χ4n) is 1.85. The summed E-state index contributed by atoms with van der Waals surface area (Å²) in [6.07, 6.45) is 4.15. The normalized spacial score (nSPS) is 10.6. The van der Waals surface area contributed by atoms with Crippen LogP contribution in [-0.4, -0.2) is 51.2 Å². The maximum atomic E-state index is 12.0. The third-order valence-electron chi connectivity index (χ3n) is 2.74. The number of hydrogen-bond acceptors (Lipinski definition) is 3. The molecule has 0 saturated carbocycles. The second-order valence-electron chi connectivity index (χ2n) is 5.10. The number of aromatic nitrogens is 2. The summed E-state index contributed by atoms with van der Waals surface area (Å²) in [5.74, 6) is 0.0819. The first-order valence-corrected chi connectivity index (χ1v) is 6.61. The van der Waals surface area contributed by atoms with Crippen molar-refractivity contribution in [3.63, 3.8) is 0 Å². The molecule has 0 unspecified atom stereocenters. The van der Waals surface area contributed by atoms with Gasteiger partial charge in [-0.3, -0.25) is 4.79 Å². The predicted molar refractivity (Wildman–Crippen MR) is 74.4 cm³/mol. The summed E-state index contributed by atoms with van der Waals surface area (Å²) in [6.45, 7) is 4.44. The van der Waals surface area contributed by atoms with Crippen LogP contribution in [0.4, 0.5) is 4.79 Å². The van der Waals surface area contributed by atoms with Gasteiger partial charge in [-0.05, 0) is 5.92 Å². The highest BCUT2D eigenvalue weighted by atomic mass is 16.4. The second kappa shape index (κ2) is 7.52. The van der Waals surface area contributed by atoms with Crippen molar-refractivity contribution in [2.24, 2.45) is 13.0 Å². The van der Waals surface area contributed by atoms with Crippen molar-refractivity contribution in [2.45, 2.75) is 20.3 Å². The monoisotopic (exact) mass is 282 g/mol. The number of aliphatic carboxylic acids is 1. The standard InChI is InChI=1S/C13H22N4O3/c1-10(2)8-17(9-12(18)19)13(20)15-5-4-11-14-6-7-16(11)3/h6-7,10H,4-5,8-9H2,1-3H3,(H,15,20)(H,18,19). The van der Waals surface area contributed by atoms with Gasteiger partial charge in [-0.25, -0.2) is 9.78 Å². The summed E-state index contributed by atoms with van der Waals surface area (Å²) < 4.78 is 1.88. The second-order valence-corrected chi connectivity index (χ2v) is 5.10. The van der Waals surface area contributed by atoms with E-state index in [0.29, 0.717) is 19.5 Å². The summed E-state index contributed by atoms with van der Waals surface area (Å²) >= 11 is 0. The number of urea groups is 1. The predicted octanol–water partition coefficient (Wildman–Crippen LogP) is 0.715. The van der Waals surface area contributed by atoms with Crippen molar-refractivity contribution in [2.75, 3.05) is 19.6 Å². The molecule has 7 nitrogen and oxygen atoms in total. The average molecular weight is 282 g/mol. The first-order valence-electron chi connectivity index (χ1n) is 6.61. The first kappa shape index (κ1) is 16.0. The highest BCUT2D eigenvalue weighted by Crippen LogP contribution is 2.00. The van der Waals surface area contributed by atoms with Gasteiger partial charge in [-0.1, -0.05) is 13.8 Å². The van der Waals surface area contributed by atoms with Crippen molar-refractivity contribution in [3.05, 3.63) is 18.2 Å². The molecule has 0 radical (unpaired) electrons. The van der Waals surface area contributed by atoms with Gasteiger partial charge in [0.15, 0.2) is 0 Å². The summed E-state index contributed by atoms with van der Waals surface area (Å²) in [6, 6.07) is -0.352. The van der Waals surface area contributed by atoms with Crippen LogP contribution in [0.15, 0.2) is 12.4 Å². The Kier molecular flexibility index (Phi) is 6.02. The highest BCUT2D eigenvalue weighted by Gasteiger charge is 2.17. The zero-order chi connectivity index (χ0) is 15.1. The minimum atomic E-state index is -1.01. The number of aryl methyl sites for hydroxylation is 1. The molecule has 1 aromatic heterocycles. The van der Waals surface area contributed by atoms with E-state index < -0.39 is 5.97 Å². The topological polar surface area (TPSA) is 87.5 Å². The fourth-order valence-corrected chi connectivity index (χ4v) is 1.85. The summed E-state index contributed by atoms with van der Waals surface area (Å²) in [5.41, 5.74) is 0. The molecule has 0 fully saturated rings. The Labute approximate surface area is 118 Å². The van der Waals surface area contributed by atoms with Crippen LogP contribution < -0.4 is 5.32 Å². The lowest BCUT2D eigenvalue weighted by Gasteiger charge is -2.23. The van der Waals surface area contributed by atoms with Gasteiger partial charge in [0.2, 0.25) is 0 Å². The molecule has 112 valence electrons. The Bertz CT molecular complexity index is 456. The van der Waals surface area contributed by atoms with Gasteiger partial charge in [0.1, 0.15) is 12.4 Å². The summed E-state index contributed by atoms with van der Waals surface area (Å²) in [4.78, 5) is 28.2. The van der Waals surface area contributed by atoms with Crippen LogP contribution in [0.1, 0.15) is 19.7 Å². The van der Waals surface area contributed by atoms with Crippen molar-refractivity contribution < 1.29 is 14.7 Å². The first-order chi connectivity index (χ1) is 9.40. The summed E-state index contributed by atoms with van der Waals surface area (Å²) in [7, 11) is 1.89.